The molecule has 13 aromatic rings. The van der Waals surface area contributed by atoms with Crippen LogP contribution < -0.4 is 4.90 Å². The molecule has 0 unspecified atom stereocenters. The van der Waals surface area contributed by atoms with E-state index in [4.69, 9.17) is 0 Å². The summed E-state index contributed by atoms with van der Waals surface area (Å²) in [6.07, 6.45) is 0. The van der Waals surface area contributed by atoms with Gasteiger partial charge in [0.1, 0.15) is 0 Å². The third kappa shape index (κ3) is 7.22. The Morgan fingerprint density at radius 3 is 1.44 bits per heavy atom. The van der Waals surface area contributed by atoms with Crippen molar-refractivity contribution in [3.8, 4) is 61.3 Å². The van der Waals surface area contributed by atoms with Crippen LogP contribution in [-0.4, -0.2) is 4.57 Å². The van der Waals surface area contributed by atoms with Crippen molar-refractivity contribution in [3.63, 3.8) is 0 Å². The lowest BCUT2D eigenvalue weighted by Crippen LogP contribution is -2.10. The zero-order valence-corrected chi connectivity index (χ0v) is 38.5. The molecule has 0 radical (unpaired) electrons. The highest BCUT2D eigenvalue weighted by Gasteiger charge is 2.21. The van der Waals surface area contributed by atoms with E-state index in [1.807, 2.05) is 0 Å². The van der Waals surface area contributed by atoms with Gasteiger partial charge in [0.25, 0.3) is 0 Å². The normalized spacial score (nSPS) is 11.4. The van der Waals surface area contributed by atoms with Gasteiger partial charge in [-0.2, -0.15) is 0 Å². The van der Waals surface area contributed by atoms with E-state index >= 15 is 0 Å². The second-order valence-corrected chi connectivity index (χ2v) is 18.1. The Morgan fingerprint density at radius 2 is 0.729 bits per heavy atom. The van der Waals surface area contributed by atoms with Gasteiger partial charge in [-0.1, -0.05) is 218 Å². The standard InChI is InChI=1S/C68H46N2/c1-3-17-49(18-4-1)59-27-11-12-28-61(59)52-39-43-57(44-40-52)69(56-41-37-48(38-42-56)47-33-35-51(36-34-47)62-31-16-21-50-19-7-9-26-60(50)62)58-25-15-22-53(45-58)65-46-54-20-8-10-29-63(54)68-67(65)64-30-13-14-32-66(64)70(68)55-23-5-2-6-24-55/h1-46H. The van der Waals surface area contributed by atoms with Gasteiger partial charge in [0, 0.05) is 38.9 Å². The maximum atomic E-state index is 2.45. The minimum atomic E-state index is 1.08. The Bertz CT molecular complexity index is 4010. The number of para-hydroxylation sites is 2. The molecule has 0 spiro atoms. The first-order valence-corrected chi connectivity index (χ1v) is 24.1. The number of aromatic nitrogens is 1. The van der Waals surface area contributed by atoms with Gasteiger partial charge in [-0.15, -0.1) is 0 Å². The molecular formula is C68H46N2. The summed E-state index contributed by atoms with van der Waals surface area (Å²) in [7, 11) is 0. The lowest BCUT2D eigenvalue weighted by atomic mass is 9.94. The average molecular weight is 891 g/mol. The molecule has 0 fully saturated rings. The van der Waals surface area contributed by atoms with E-state index in [1.54, 1.807) is 0 Å². The smallest absolute Gasteiger partial charge is 0.0625 e. The van der Waals surface area contributed by atoms with E-state index in [0.29, 0.717) is 0 Å². The zero-order valence-electron chi connectivity index (χ0n) is 38.5. The van der Waals surface area contributed by atoms with E-state index in [2.05, 4.69) is 289 Å². The minimum absolute atomic E-state index is 1.08. The molecule has 0 aliphatic rings. The first-order valence-electron chi connectivity index (χ1n) is 24.1. The summed E-state index contributed by atoms with van der Waals surface area (Å²) >= 11 is 0. The van der Waals surface area contributed by atoms with Crippen LogP contribution in [-0.2, 0) is 0 Å². The third-order valence-corrected chi connectivity index (χ3v) is 14.0. The van der Waals surface area contributed by atoms with Crippen molar-refractivity contribution < 1.29 is 0 Å². The van der Waals surface area contributed by atoms with Crippen molar-refractivity contribution in [2.24, 2.45) is 0 Å². The molecule has 0 aliphatic heterocycles. The summed E-state index contributed by atoms with van der Waals surface area (Å²) in [6, 6.07) is 102. The first kappa shape index (κ1) is 41.0. The quantitative estimate of drug-likeness (QED) is 0.140. The highest BCUT2D eigenvalue weighted by atomic mass is 15.1. The SMILES string of the molecule is c1ccc(-c2ccccc2-c2ccc(N(c3ccc(-c4ccc(-c5cccc6ccccc56)cc4)cc3)c3cccc(-c4cc5ccccc5c5c4c4ccccc4n5-c4ccccc4)c3)cc2)cc1. The van der Waals surface area contributed by atoms with E-state index in [1.165, 1.54) is 93.4 Å². The molecule has 2 nitrogen and oxygen atoms in total. The number of rotatable bonds is 9. The number of fused-ring (bicyclic) bond motifs is 6. The Labute approximate surface area is 408 Å². The second-order valence-electron chi connectivity index (χ2n) is 18.1. The van der Waals surface area contributed by atoms with E-state index in [9.17, 15) is 0 Å². The molecule has 12 aromatic carbocycles. The van der Waals surface area contributed by atoms with E-state index in [-0.39, 0.29) is 0 Å². The van der Waals surface area contributed by atoms with Gasteiger partial charge in [-0.25, -0.2) is 0 Å². The zero-order chi connectivity index (χ0) is 46.4. The summed E-state index contributed by atoms with van der Waals surface area (Å²) in [5, 5.41) is 7.44. The van der Waals surface area contributed by atoms with Gasteiger partial charge in [0.2, 0.25) is 0 Å². The number of hydrogen-bond acceptors (Lipinski definition) is 1. The Kier molecular flexibility index (Phi) is 10.2. The maximum Gasteiger partial charge on any atom is 0.0625 e. The second kappa shape index (κ2) is 17.4. The van der Waals surface area contributed by atoms with Crippen LogP contribution in [0.1, 0.15) is 0 Å². The molecule has 0 bridgehead atoms. The minimum Gasteiger partial charge on any atom is -0.310 e. The fourth-order valence-corrected chi connectivity index (χ4v) is 10.7. The highest BCUT2D eigenvalue weighted by Crippen LogP contribution is 2.45. The molecule has 1 aromatic heterocycles. The number of anilines is 3. The summed E-state index contributed by atoms with van der Waals surface area (Å²) < 4.78 is 2.45. The van der Waals surface area contributed by atoms with Crippen molar-refractivity contribution in [2.75, 3.05) is 4.90 Å². The third-order valence-electron chi connectivity index (χ3n) is 14.0. The molecule has 0 saturated carbocycles. The molecule has 328 valence electrons. The highest BCUT2D eigenvalue weighted by molar-refractivity contribution is 6.24. The topological polar surface area (TPSA) is 8.17 Å². The van der Waals surface area contributed by atoms with Gasteiger partial charge >= 0.3 is 0 Å². The molecular weight excluding hydrogens is 845 g/mol. The van der Waals surface area contributed by atoms with Crippen LogP contribution in [0.2, 0.25) is 0 Å². The Hall–Kier alpha value is -9.24. The molecule has 2 heteroatoms. The van der Waals surface area contributed by atoms with Crippen molar-refractivity contribution in [3.05, 3.63) is 279 Å². The van der Waals surface area contributed by atoms with Crippen LogP contribution in [0.15, 0.2) is 279 Å². The van der Waals surface area contributed by atoms with E-state index < -0.39 is 0 Å². The lowest BCUT2D eigenvalue weighted by Gasteiger charge is -2.27. The molecule has 70 heavy (non-hydrogen) atoms. The van der Waals surface area contributed by atoms with Crippen molar-refractivity contribution in [1.82, 2.24) is 4.57 Å². The molecule has 0 N–H and O–H groups in total. The van der Waals surface area contributed by atoms with Gasteiger partial charge < -0.3 is 9.47 Å². The van der Waals surface area contributed by atoms with Gasteiger partial charge in [-0.05, 0) is 132 Å². The van der Waals surface area contributed by atoms with Crippen LogP contribution in [0.3, 0.4) is 0 Å². The lowest BCUT2D eigenvalue weighted by molar-refractivity contribution is 1.19. The maximum absolute atomic E-state index is 2.45. The summed E-state index contributed by atoms with van der Waals surface area (Å²) in [6.45, 7) is 0. The average Bonchev–Trinajstić information content (AvgIpc) is 3.79. The Morgan fingerprint density at radius 1 is 0.257 bits per heavy atom. The van der Waals surface area contributed by atoms with Crippen LogP contribution in [0.25, 0.3) is 105 Å². The van der Waals surface area contributed by atoms with Crippen molar-refractivity contribution in [1.29, 1.82) is 0 Å². The predicted octanol–water partition coefficient (Wildman–Crippen LogP) is 18.9. The number of benzene rings is 12. The van der Waals surface area contributed by atoms with Crippen LogP contribution in [0.5, 0.6) is 0 Å². The van der Waals surface area contributed by atoms with Crippen LogP contribution in [0, 0.1) is 0 Å². The molecule has 0 saturated heterocycles. The fraction of sp³-hybridized carbons (Fsp3) is 0. The number of hydrogen-bond donors (Lipinski definition) is 0. The first-order chi connectivity index (χ1) is 34.7. The van der Waals surface area contributed by atoms with Crippen LogP contribution in [0.4, 0.5) is 17.1 Å². The van der Waals surface area contributed by atoms with E-state index in [0.717, 1.165) is 28.3 Å². The van der Waals surface area contributed by atoms with Crippen molar-refractivity contribution >= 4 is 60.4 Å². The summed E-state index contributed by atoms with van der Waals surface area (Å²) in [4.78, 5) is 2.40. The van der Waals surface area contributed by atoms with Crippen molar-refractivity contribution in [2.45, 2.75) is 0 Å². The largest absolute Gasteiger partial charge is 0.310 e. The molecule has 0 aliphatic carbocycles. The fourth-order valence-electron chi connectivity index (χ4n) is 10.7. The molecule has 0 atom stereocenters. The summed E-state index contributed by atoms with van der Waals surface area (Å²) in [5.74, 6) is 0. The monoisotopic (exact) mass is 890 g/mol. The van der Waals surface area contributed by atoms with Crippen LogP contribution >= 0.6 is 0 Å². The number of nitrogens with zero attached hydrogens (tertiary/aromatic N) is 2. The van der Waals surface area contributed by atoms with Gasteiger partial charge in [-0.3, -0.25) is 0 Å². The molecule has 0 amide bonds. The summed E-state index contributed by atoms with van der Waals surface area (Å²) in [5.41, 5.74) is 18.8. The molecule has 13 rings (SSSR count). The predicted molar refractivity (Wildman–Crippen MR) is 298 cm³/mol. The Balaban J connectivity index is 0.942. The van der Waals surface area contributed by atoms with Gasteiger partial charge in [0.15, 0.2) is 0 Å². The van der Waals surface area contributed by atoms with Gasteiger partial charge in [0.05, 0.1) is 11.0 Å². The molecule has 1 heterocycles.